The standard InChI is InChI=1S/C12H19FN2O3S/c1-7(2)8(3)15-19(16,17)9-5-10(13)12(18-4)11(14)6-9/h5-8,15H,14H2,1-4H3. The Morgan fingerprint density at radius 3 is 2.32 bits per heavy atom. The number of hydrogen-bond acceptors (Lipinski definition) is 4. The number of anilines is 1. The molecule has 108 valence electrons. The van der Waals surface area contributed by atoms with Crippen LogP contribution in [0.5, 0.6) is 5.75 Å². The minimum absolute atomic E-state index is 0.0555. The molecule has 1 rings (SSSR count). The molecule has 1 atom stereocenters. The van der Waals surface area contributed by atoms with E-state index in [9.17, 15) is 12.8 Å². The lowest BCUT2D eigenvalue weighted by Gasteiger charge is -2.18. The van der Waals surface area contributed by atoms with Crippen LogP contribution in [0.4, 0.5) is 10.1 Å². The van der Waals surface area contributed by atoms with Crippen molar-refractivity contribution in [3.63, 3.8) is 0 Å². The molecule has 5 nitrogen and oxygen atoms in total. The van der Waals surface area contributed by atoms with Crippen LogP contribution in [0.15, 0.2) is 17.0 Å². The normalized spacial score (nSPS) is 13.6. The molecule has 0 amide bonds. The minimum atomic E-state index is -3.80. The Labute approximate surface area is 113 Å². The zero-order valence-electron chi connectivity index (χ0n) is 11.4. The van der Waals surface area contributed by atoms with Gasteiger partial charge in [0.05, 0.1) is 17.7 Å². The van der Waals surface area contributed by atoms with E-state index in [4.69, 9.17) is 10.5 Å². The number of halogens is 1. The molecule has 3 N–H and O–H groups in total. The largest absolute Gasteiger partial charge is 0.492 e. The average Bonchev–Trinajstić information content (AvgIpc) is 2.27. The summed E-state index contributed by atoms with van der Waals surface area (Å²) in [5.41, 5.74) is 5.51. The lowest BCUT2D eigenvalue weighted by molar-refractivity contribution is 0.388. The lowest BCUT2D eigenvalue weighted by Crippen LogP contribution is -2.36. The van der Waals surface area contributed by atoms with Gasteiger partial charge >= 0.3 is 0 Å². The van der Waals surface area contributed by atoms with Crippen LogP contribution in [-0.2, 0) is 10.0 Å². The van der Waals surface area contributed by atoms with E-state index in [0.717, 1.165) is 6.07 Å². The van der Waals surface area contributed by atoms with E-state index in [0.29, 0.717) is 0 Å². The topological polar surface area (TPSA) is 81.4 Å². The molecule has 0 saturated carbocycles. The van der Waals surface area contributed by atoms with Gasteiger partial charge in [-0.1, -0.05) is 13.8 Å². The molecule has 1 aromatic carbocycles. The van der Waals surface area contributed by atoms with Crippen LogP contribution in [0.3, 0.4) is 0 Å². The number of ether oxygens (including phenoxy) is 1. The second-order valence-corrected chi connectivity index (χ2v) is 6.40. The summed E-state index contributed by atoms with van der Waals surface area (Å²) in [7, 11) is -2.53. The molecule has 0 radical (unpaired) electrons. The predicted molar refractivity (Wildman–Crippen MR) is 72.0 cm³/mol. The molecule has 0 bridgehead atoms. The van der Waals surface area contributed by atoms with E-state index in [1.165, 1.54) is 13.2 Å². The highest BCUT2D eigenvalue weighted by Gasteiger charge is 2.22. The van der Waals surface area contributed by atoms with Crippen LogP contribution in [0, 0.1) is 11.7 Å². The first-order valence-electron chi connectivity index (χ1n) is 5.84. The first-order valence-corrected chi connectivity index (χ1v) is 7.32. The van der Waals surface area contributed by atoms with Crippen LogP contribution in [0.1, 0.15) is 20.8 Å². The highest BCUT2D eigenvalue weighted by molar-refractivity contribution is 7.89. The Bertz CT molecular complexity index is 535. The maximum Gasteiger partial charge on any atom is 0.241 e. The average molecular weight is 290 g/mol. The van der Waals surface area contributed by atoms with Crippen molar-refractivity contribution in [2.75, 3.05) is 12.8 Å². The molecule has 0 heterocycles. The smallest absolute Gasteiger partial charge is 0.241 e. The van der Waals surface area contributed by atoms with Crippen LogP contribution in [-0.4, -0.2) is 21.6 Å². The summed E-state index contributed by atoms with van der Waals surface area (Å²) in [4.78, 5) is -0.212. The monoisotopic (exact) mass is 290 g/mol. The molecule has 0 aromatic heterocycles. The third kappa shape index (κ3) is 3.57. The molecule has 19 heavy (non-hydrogen) atoms. The van der Waals surface area contributed by atoms with Gasteiger partial charge in [-0.05, 0) is 25.0 Å². The maximum atomic E-state index is 13.6. The summed E-state index contributed by atoms with van der Waals surface area (Å²) >= 11 is 0. The predicted octanol–water partition coefficient (Wildman–Crippen LogP) is 1.74. The number of methoxy groups -OCH3 is 1. The molecule has 1 aromatic rings. The van der Waals surface area contributed by atoms with Gasteiger partial charge in [0.2, 0.25) is 10.0 Å². The van der Waals surface area contributed by atoms with Gasteiger partial charge < -0.3 is 10.5 Å². The Morgan fingerprint density at radius 1 is 1.32 bits per heavy atom. The van der Waals surface area contributed by atoms with E-state index >= 15 is 0 Å². The summed E-state index contributed by atoms with van der Waals surface area (Å²) in [6.45, 7) is 5.51. The number of benzene rings is 1. The van der Waals surface area contributed by atoms with Gasteiger partial charge in [0.15, 0.2) is 11.6 Å². The zero-order chi connectivity index (χ0) is 14.8. The fraction of sp³-hybridized carbons (Fsp3) is 0.500. The SMILES string of the molecule is COc1c(N)cc(S(=O)(=O)NC(C)C(C)C)cc1F. The molecule has 0 aliphatic heterocycles. The van der Waals surface area contributed by atoms with Crippen molar-refractivity contribution in [2.45, 2.75) is 31.7 Å². The zero-order valence-corrected chi connectivity index (χ0v) is 12.2. The van der Waals surface area contributed by atoms with Gasteiger partial charge in [-0.25, -0.2) is 17.5 Å². The molecule has 7 heteroatoms. The van der Waals surface area contributed by atoms with Crippen LogP contribution in [0.2, 0.25) is 0 Å². The van der Waals surface area contributed by atoms with Crippen molar-refractivity contribution in [3.05, 3.63) is 17.9 Å². The van der Waals surface area contributed by atoms with Gasteiger partial charge in [0, 0.05) is 6.04 Å². The third-order valence-corrected chi connectivity index (χ3v) is 4.44. The summed E-state index contributed by atoms with van der Waals surface area (Å²) in [5, 5.41) is 0. The van der Waals surface area contributed by atoms with Crippen molar-refractivity contribution in [1.82, 2.24) is 4.72 Å². The van der Waals surface area contributed by atoms with E-state index in [1.807, 2.05) is 13.8 Å². The lowest BCUT2D eigenvalue weighted by atomic mass is 10.1. The van der Waals surface area contributed by atoms with Crippen molar-refractivity contribution < 1.29 is 17.5 Å². The Hall–Kier alpha value is -1.34. The fourth-order valence-corrected chi connectivity index (χ4v) is 2.85. The maximum absolute atomic E-state index is 13.6. The Balaban J connectivity index is 3.16. The van der Waals surface area contributed by atoms with Crippen molar-refractivity contribution in [1.29, 1.82) is 0 Å². The Kier molecular flexibility index (Phi) is 4.75. The third-order valence-electron chi connectivity index (χ3n) is 2.90. The highest BCUT2D eigenvalue weighted by atomic mass is 32.2. The highest BCUT2D eigenvalue weighted by Crippen LogP contribution is 2.28. The number of nitrogen functional groups attached to an aromatic ring is 1. The van der Waals surface area contributed by atoms with Crippen molar-refractivity contribution in [2.24, 2.45) is 5.92 Å². The van der Waals surface area contributed by atoms with Crippen LogP contribution in [0.25, 0.3) is 0 Å². The second kappa shape index (κ2) is 5.75. The molecule has 0 aliphatic carbocycles. The minimum Gasteiger partial charge on any atom is -0.492 e. The van der Waals surface area contributed by atoms with Gasteiger partial charge in [-0.15, -0.1) is 0 Å². The quantitative estimate of drug-likeness (QED) is 0.809. The number of nitrogens with two attached hydrogens (primary N) is 1. The van der Waals surface area contributed by atoms with Crippen LogP contribution < -0.4 is 15.2 Å². The summed E-state index contributed by atoms with van der Waals surface area (Å²) in [5.74, 6) is -0.842. The molecule has 1 unspecified atom stereocenters. The number of hydrogen-bond donors (Lipinski definition) is 2. The molecule has 0 fully saturated rings. The fourth-order valence-electron chi connectivity index (χ4n) is 1.41. The van der Waals surface area contributed by atoms with Crippen molar-refractivity contribution >= 4 is 15.7 Å². The van der Waals surface area contributed by atoms with E-state index in [-0.39, 0.29) is 28.3 Å². The van der Waals surface area contributed by atoms with E-state index in [2.05, 4.69) is 4.72 Å². The first kappa shape index (κ1) is 15.7. The molecule has 0 spiro atoms. The molecular weight excluding hydrogens is 271 g/mol. The van der Waals surface area contributed by atoms with E-state index < -0.39 is 15.8 Å². The van der Waals surface area contributed by atoms with E-state index in [1.54, 1.807) is 6.92 Å². The second-order valence-electron chi connectivity index (χ2n) is 4.68. The Morgan fingerprint density at radius 2 is 1.89 bits per heavy atom. The first-order chi connectivity index (χ1) is 8.69. The number of sulfonamides is 1. The summed E-state index contributed by atoms with van der Waals surface area (Å²) in [6, 6.07) is 1.80. The summed E-state index contributed by atoms with van der Waals surface area (Å²) in [6.07, 6.45) is 0. The molecular formula is C12H19FN2O3S. The van der Waals surface area contributed by atoms with Gasteiger partial charge in [-0.3, -0.25) is 0 Å². The van der Waals surface area contributed by atoms with Gasteiger partial charge in [-0.2, -0.15) is 0 Å². The molecule has 0 saturated heterocycles. The number of rotatable bonds is 5. The van der Waals surface area contributed by atoms with Crippen LogP contribution >= 0.6 is 0 Å². The summed E-state index contributed by atoms with van der Waals surface area (Å²) < 4.78 is 45.0. The molecule has 0 aliphatic rings. The number of nitrogens with one attached hydrogen (secondary N) is 1. The van der Waals surface area contributed by atoms with Gasteiger partial charge in [0.25, 0.3) is 0 Å². The van der Waals surface area contributed by atoms with Crippen molar-refractivity contribution in [3.8, 4) is 5.75 Å². The van der Waals surface area contributed by atoms with Gasteiger partial charge in [0.1, 0.15) is 0 Å².